The number of nitrogens with one attached hydrogen (secondary N) is 2. The summed E-state index contributed by atoms with van der Waals surface area (Å²) in [5, 5.41) is 1.70. The van der Waals surface area contributed by atoms with E-state index in [0.29, 0.717) is 0 Å². The van der Waals surface area contributed by atoms with E-state index in [1.165, 1.54) is 24.3 Å². The van der Waals surface area contributed by atoms with Crippen molar-refractivity contribution in [3.05, 3.63) is 29.8 Å². The highest BCUT2D eigenvalue weighted by molar-refractivity contribution is 7.92. The molecular weight excluding hydrogens is 285 g/mol. The Morgan fingerprint density at radius 1 is 1.21 bits per heavy atom. The average molecular weight is 296 g/mol. The van der Waals surface area contributed by atoms with Crippen molar-refractivity contribution in [1.82, 2.24) is 5.32 Å². The summed E-state index contributed by atoms with van der Waals surface area (Å²) in [4.78, 5) is 11.3. The van der Waals surface area contributed by atoms with E-state index in [0.717, 1.165) is 6.26 Å². The molecule has 2 N–H and O–H groups in total. The summed E-state index contributed by atoms with van der Waals surface area (Å²) < 4.78 is 59.7. The number of anilines is 1. The maximum Gasteiger partial charge on any atom is 0.405 e. The molecule has 0 saturated carbocycles. The maximum atomic E-state index is 11.9. The molecule has 5 nitrogen and oxygen atoms in total. The van der Waals surface area contributed by atoms with E-state index in [2.05, 4.69) is 4.72 Å². The molecule has 0 unspecified atom stereocenters. The second-order valence-corrected chi connectivity index (χ2v) is 5.50. The highest BCUT2D eigenvalue weighted by atomic mass is 32.2. The number of hydrogen-bond donors (Lipinski definition) is 2. The Bertz CT molecular complexity index is 552. The maximum absolute atomic E-state index is 11.9. The van der Waals surface area contributed by atoms with Gasteiger partial charge in [-0.05, 0) is 24.3 Å². The van der Waals surface area contributed by atoms with Crippen LogP contribution in [0.5, 0.6) is 0 Å². The first-order chi connectivity index (χ1) is 8.57. The van der Waals surface area contributed by atoms with Crippen molar-refractivity contribution in [2.75, 3.05) is 17.5 Å². The van der Waals surface area contributed by atoms with Crippen molar-refractivity contribution in [3.63, 3.8) is 0 Å². The van der Waals surface area contributed by atoms with Crippen LogP contribution in [0.4, 0.5) is 18.9 Å². The fourth-order valence-electron chi connectivity index (χ4n) is 1.19. The molecule has 0 bridgehead atoms. The second kappa shape index (κ2) is 5.47. The molecule has 0 aliphatic carbocycles. The number of carbonyl (C=O) groups is 1. The number of amides is 1. The number of hydrogen-bond acceptors (Lipinski definition) is 3. The number of alkyl halides is 3. The fourth-order valence-corrected chi connectivity index (χ4v) is 1.75. The first-order valence-electron chi connectivity index (χ1n) is 5.00. The first-order valence-corrected chi connectivity index (χ1v) is 6.89. The Morgan fingerprint density at radius 2 is 1.74 bits per heavy atom. The molecule has 0 spiro atoms. The molecule has 0 aliphatic rings. The normalized spacial score (nSPS) is 12.0. The van der Waals surface area contributed by atoms with E-state index in [9.17, 15) is 26.4 Å². The minimum Gasteiger partial charge on any atom is -0.343 e. The van der Waals surface area contributed by atoms with E-state index >= 15 is 0 Å². The summed E-state index contributed by atoms with van der Waals surface area (Å²) in [5.41, 5.74) is 0.221. The Morgan fingerprint density at radius 3 is 2.16 bits per heavy atom. The first kappa shape index (κ1) is 15.3. The van der Waals surface area contributed by atoms with Crippen LogP contribution in [0.1, 0.15) is 10.4 Å². The number of halogens is 3. The van der Waals surface area contributed by atoms with E-state index in [1.54, 1.807) is 5.32 Å². The van der Waals surface area contributed by atoms with Gasteiger partial charge in [0.25, 0.3) is 5.91 Å². The zero-order chi connectivity index (χ0) is 14.7. The standard InChI is InChI=1S/C10H11F3N2O3S/c1-19(17,18)15-8-4-2-7(3-5-8)9(16)14-6-10(11,12)13/h2-5,15H,6H2,1H3,(H,14,16). The minimum absolute atomic E-state index is 0.00306. The van der Waals surface area contributed by atoms with Crippen LogP contribution in [-0.4, -0.2) is 33.3 Å². The molecule has 1 aromatic carbocycles. The molecule has 9 heteroatoms. The van der Waals surface area contributed by atoms with Crippen LogP contribution in [0, 0.1) is 0 Å². The van der Waals surface area contributed by atoms with E-state index in [4.69, 9.17) is 0 Å². The lowest BCUT2D eigenvalue weighted by molar-refractivity contribution is -0.123. The molecule has 1 amide bonds. The summed E-state index contributed by atoms with van der Waals surface area (Å²) in [6.07, 6.45) is -3.52. The van der Waals surface area contributed by atoms with Gasteiger partial charge < -0.3 is 5.32 Å². The van der Waals surface area contributed by atoms with E-state index < -0.39 is 28.7 Å². The Hall–Kier alpha value is -1.77. The molecule has 106 valence electrons. The van der Waals surface area contributed by atoms with Gasteiger partial charge in [0.15, 0.2) is 0 Å². The highest BCUT2D eigenvalue weighted by Crippen LogP contribution is 2.14. The van der Waals surface area contributed by atoms with Crippen molar-refractivity contribution in [1.29, 1.82) is 0 Å². The van der Waals surface area contributed by atoms with Gasteiger partial charge in [0.05, 0.1) is 6.26 Å². The van der Waals surface area contributed by atoms with Gasteiger partial charge >= 0.3 is 6.18 Å². The van der Waals surface area contributed by atoms with Crippen molar-refractivity contribution < 1.29 is 26.4 Å². The van der Waals surface area contributed by atoms with Gasteiger partial charge in [-0.15, -0.1) is 0 Å². The summed E-state index contributed by atoms with van der Waals surface area (Å²) in [5.74, 6) is -0.886. The molecule has 0 aromatic heterocycles. The Labute approximate surface area is 107 Å². The largest absolute Gasteiger partial charge is 0.405 e. The van der Waals surface area contributed by atoms with Crippen LogP contribution in [-0.2, 0) is 10.0 Å². The number of rotatable bonds is 4. The molecule has 1 aromatic rings. The van der Waals surface area contributed by atoms with Gasteiger partial charge in [0.2, 0.25) is 10.0 Å². The lowest BCUT2D eigenvalue weighted by Crippen LogP contribution is -2.33. The molecular formula is C10H11F3N2O3S. The second-order valence-electron chi connectivity index (χ2n) is 3.75. The topological polar surface area (TPSA) is 75.3 Å². The molecule has 19 heavy (non-hydrogen) atoms. The third kappa shape index (κ3) is 6.09. The molecule has 0 aliphatic heterocycles. The van der Waals surface area contributed by atoms with Crippen LogP contribution in [0.25, 0.3) is 0 Å². The van der Waals surface area contributed by atoms with Gasteiger partial charge in [-0.3, -0.25) is 9.52 Å². The zero-order valence-electron chi connectivity index (χ0n) is 9.78. The SMILES string of the molecule is CS(=O)(=O)Nc1ccc(C(=O)NCC(F)(F)F)cc1. The van der Waals surface area contributed by atoms with Crippen LogP contribution < -0.4 is 10.0 Å². The van der Waals surface area contributed by atoms with Gasteiger partial charge in [-0.1, -0.05) is 0 Å². The smallest absolute Gasteiger partial charge is 0.343 e. The summed E-state index contributed by atoms with van der Waals surface area (Å²) in [7, 11) is -3.44. The fraction of sp³-hybridized carbons (Fsp3) is 0.300. The van der Waals surface area contributed by atoms with Crippen molar-refractivity contribution >= 4 is 21.6 Å². The summed E-state index contributed by atoms with van der Waals surface area (Å²) >= 11 is 0. The highest BCUT2D eigenvalue weighted by Gasteiger charge is 2.27. The predicted octanol–water partition coefficient (Wildman–Crippen LogP) is 1.35. The zero-order valence-corrected chi connectivity index (χ0v) is 10.6. The quantitative estimate of drug-likeness (QED) is 0.880. The molecule has 1 rings (SSSR count). The van der Waals surface area contributed by atoms with Crippen LogP contribution in [0.3, 0.4) is 0 Å². The van der Waals surface area contributed by atoms with Gasteiger partial charge in [-0.25, -0.2) is 8.42 Å². The molecule has 0 fully saturated rings. The third-order valence-corrected chi connectivity index (χ3v) is 2.51. The number of carbonyl (C=O) groups excluding carboxylic acids is 1. The van der Waals surface area contributed by atoms with Crippen molar-refractivity contribution in [2.45, 2.75) is 6.18 Å². The van der Waals surface area contributed by atoms with Gasteiger partial charge in [-0.2, -0.15) is 13.2 Å². The summed E-state index contributed by atoms with van der Waals surface area (Å²) in [6.45, 7) is -1.42. The van der Waals surface area contributed by atoms with Gasteiger partial charge in [0, 0.05) is 11.3 Å². The molecule has 0 saturated heterocycles. The number of benzene rings is 1. The Balaban J connectivity index is 2.68. The lowest BCUT2D eigenvalue weighted by Gasteiger charge is -2.09. The predicted molar refractivity (Wildman–Crippen MR) is 63.3 cm³/mol. The van der Waals surface area contributed by atoms with Crippen LogP contribution in [0.15, 0.2) is 24.3 Å². The molecule has 0 radical (unpaired) electrons. The van der Waals surface area contributed by atoms with Crippen LogP contribution >= 0.6 is 0 Å². The minimum atomic E-state index is -4.48. The Kier molecular flexibility index (Phi) is 4.40. The monoisotopic (exact) mass is 296 g/mol. The average Bonchev–Trinajstić information content (AvgIpc) is 2.23. The summed E-state index contributed by atoms with van der Waals surface area (Å²) in [6, 6.07) is 5.01. The van der Waals surface area contributed by atoms with Crippen molar-refractivity contribution in [2.24, 2.45) is 0 Å². The lowest BCUT2D eigenvalue weighted by atomic mass is 10.2. The van der Waals surface area contributed by atoms with E-state index in [-0.39, 0.29) is 11.3 Å². The van der Waals surface area contributed by atoms with Crippen LogP contribution in [0.2, 0.25) is 0 Å². The molecule has 0 atom stereocenters. The van der Waals surface area contributed by atoms with Crippen molar-refractivity contribution in [3.8, 4) is 0 Å². The van der Waals surface area contributed by atoms with Gasteiger partial charge in [0.1, 0.15) is 6.54 Å². The van der Waals surface area contributed by atoms with E-state index in [1.807, 2.05) is 0 Å². The molecule has 0 heterocycles. The third-order valence-electron chi connectivity index (χ3n) is 1.90. The number of sulfonamides is 1.